The predicted octanol–water partition coefficient (Wildman–Crippen LogP) is 3.79. The number of H-pyrrole nitrogens is 1. The van der Waals surface area contributed by atoms with Gasteiger partial charge in [0.15, 0.2) is 0 Å². The number of amides is 1. The highest BCUT2D eigenvalue weighted by atomic mass is 35.5. The number of nitrogens with one attached hydrogen (secondary N) is 2. The van der Waals surface area contributed by atoms with Crippen molar-refractivity contribution in [2.45, 2.75) is 25.4 Å². The van der Waals surface area contributed by atoms with E-state index >= 15 is 0 Å². The van der Waals surface area contributed by atoms with Gasteiger partial charge >= 0.3 is 0 Å². The summed E-state index contributed by atoms with van der Waals surface area (Å²) in [5, 5.41) is 3.86. The van der Waals surface area contributed by atoms with Crippen LogP contribution in [-0.4, -0.2) is 34.9 Å². The zero-order valence-corrected chi connectivity index (χ0v) is 14.9. The predicted molar refractivity (Wildman–Crippen MR) is 98.8 cm³/mol. The molecular formula is C18H20ClN3OS. The standard InChI is InChI=1S/C18H20ClN3OS/c19-14-5-3-13(4-6-14)12-22-10-7-15(8-11-22)21-17(23)16-2-1-9-20-18(16)24/h1-6,9,15H,7-8,10-12H2,(H,20,24)(H,21,23). The van der Waals surface area contributed by atoms with Gasteiger partial charge in [0, 0.05) is 36.9 Å². The smallest absolute Gasteiger partial charge is 0.254 e. The highest BCUT2D eigenvalue weighted by Gasteiger charge is 2.21. The summed E-state index contributed by atoms with van der Waals surface area (Å²) in [6, 6.07) is 11.7. The first-order valence-electron chi connectivity index (χ1n) is 8.07. The minimum atomic E-state index is -0.0898. The molecular weight excluding hydrogens is 342 g/mol. The molecule has 1 aliphatic heterocycles. The van der Waals surface area contributed by atoms with Crippen LogP contribution in [0, 0.1) is 4.64 Å². The Balaban J connectivity index is 1.50. The molecule has 3 rings (SSSR count). The first kappa shape index (κ1) is 17.1. The third-order valence-electron chi connectivity index (χ3n) is 4.31. The van der Waals surface area contributed by atoms with Crippen LogP contribution in [0.25, 0.3) is 0 Å². The summed E-state index contributed by atoms with van der Waals surface area (Å²) in [6.07, 6.45) is 3.62. The summed E-state index contributed by atoms with van der Waals surface area (Å²) in [5.74, 6) is -0.0898. The molecule has 0 atom stereocenters. The Bertz CT molecular complexity index is 751. The van der Waals surface area contributed by atoms with Crippen LogP contribution >= 0.6 is 23.8 Å². The fraction of sp³-hybridized carbons (Fsp3) is 0.333. The summed E-state index contributed by atoms with van der Waals surface area (Å²) in [4.78, 5) is 17.6. The van der Waals surface area contributed by atoms with Crippen molar-refractivity contribution in [1.82, 2.24) is 15.2 Å². The highest BCUT2D eigenvalue weighted by molar-refractivity contribution is 7.71. The number of pyridine rings is 1. The van der Waals surface area contributed by atoms with Gasteiger partial charge in [0.2, 0.25) is 0 Å². The van der Waals surface area contributed by atoms with Crippen LogP contribution in [0.5, 0.6) is 0 Å². The summed E-state index contributed by atoms with van der Waals surface area (Å²) in [5.41, 5.74) is 1.80. The van der Waals surface area contributed by atoms with Crippen LogP contribution in [0.15, 0.2) is 42.6 Å². The Morgan fingerprint density at radius 1 is 1.25 bits per heavy atom. The second-order valence-corrected chi connectivity index (χ2v) is 6.91. The Labute approximate surface area is 151 Å². The van der Waals surface area contributed by atoms with Crippen molar-refractivity contribution in [2.24, 2.45) is 0 Å². The normalized spacial score (nSPS) is 16.0. The van der Waals surface area contributed by atoms with Crippen LogP contribution in [0.2, 0.25) is 5.02 Å². The number of aromatic nitrogens is 1. The van der Waals surface area contributed by atoms with Crippen molar-refractivity contribution in [3.63, 3.8) is 0 Å². The van der Waals surface area contributed by atoms with E-state index in [4.69, 9.17) is 23.8 Å². The number of rotatable bonds is 4. The Hall–Kier alpha value is -1.69. The zero-order valence-electron chi connectivity index (χ0n) is 13.3. The molecule has 0 radical (unpaired) electrons. The molecule has 24 heavy (non-hydrogen) atoms. The molecule has 1 aliphatic rings. The number of hydrogen-bond donors (Lipinski definition) is 2. The van der Waals surface area contributed by atoms with Crippen LogP contribution in [0.3, 0.4) is 0 Å². The fourth-order valence-corrected chi connectivity index (χ4v) is 3.30. The lowest BCUT2D eigenvalue weighted by Gasteiger charge is -2.32. The van der Waals surface area contributed by atoms with Crippen LogP contribution in [0.1, 0.15) is 28.8 Å². The van der Waals surface area contributed by atoms with E-state index in [9.17, 15) is 4.79 Å². The van der Waals surface area contributed by atoms with Crippen molar-refractivity contribution < 1.29 is 4.79 Å². The van der Waals surface area contributed by atoms with Crippen LogP contribution < -0.4 is 5.32 Å². The molecule has 1 aromatic carbocycles. The van der Waals surface area contributed by atoms with E-state index in [1.807, 2.05) is 12.1 Å². The van der Waals surface area contributed by atoms with E-state index in [2.05, 4.69) is 27.3 Å². The SMILES string of the molecule is O=C(NC1CCN(Cc2ccc(Cl)cc2)CC1)c1ccc[nH]c1=S. The average molecular weight is 362 g/mol. The Morgan fingerprint density at radius 3 is 2.62 bits per heavy atom. The van der Waals surface area contributed by atoms with Gasteiger partial charge in [-0.2, -0.15) is 0 Å². The molecule has 0 saturated carbocycles. The summed E-state index contributed by atoms with van der Waals surface area (Å²) < 4.78 is 0.482. The van der Waals surface area contributed by atoms with Crippen LogP contribution in [0.4, 0.5) is 0 Å². The van der Waals surface area contributed by atoms with Gasteiger partial charge in [-0.1, -0.05) is 36.0 Å². The van der Waals surface area contributed by atoms with Crippen molar-refractivity contribution in [3.8, 4) is 0 Å². The first-order valence-corrected chi connectivity index (χ1v) is 8.86. The van der Waals surface area contributed by atoms with E-state index < -0.39 is 0 Å². The van der Waals surface area contributed by atoms with E-state index in [0.29, 0.717) is 10.2 Å². The molecule has 1 fully saturated rings. The quantitative estimate of drug-likeness (QED) is 0.814. The lowest BCUT2D eigenvalue weighted by atomic mass is 10.0. The lowest BCUT2D eigenvalue weighted by Crippen LogP contribution is -2.44. The number of aromatic amines is 1. The third kappa shape index (κ3) is 4.44. The number of halogens is 1. The molecule has 126 valence electrons. The summed E-state index contributed by atoms with van der Waals surface area (Å²) in [6.45, 7) is 2.85. The molecule has 4 nitrogen and oxygen atoms in total. The largest absolute Gasteiger partial charge is 0.352 e. The maximum Gasteiger partial charge on any atom is 0.254 e. The van der Waals surface area contributed by atoms with Crippen LogP contribution in [-0.2, 0) is 6.54 Å². The van der Waals surface area contributed by atoms with Gasteiger partial charge in [-0.05, 0) is 42.7 Å². The Morgan fingerprint density at radius 2 is 1.96 bits per heavy atom. The summed E-state index contributed by atoms with van der Waals surface area (Å²) in [7, 11) is 0. The monoisotopic (exact) mass is 361 g/mol. The summed E-state index contributed by atoms with van der Waals surface area (Å²) >= 11 is 11.1. The Kier molecular flexibility index (Phi) is 5.66. The molecule has 1 saturated heterocycles. The van der Waals surface area contributed by atoms with Gasteiger partial charge in [-0.15, -0.1) is 0 Å². The fourth-order valence-electron chi connectivity index (χ4n) is 2.95. The van der Waals surface area contributed by atoms with Gasteiger partial charge in [-0.3, -0.25) is 9.69 Å². The number of nitrogens with zero attached hydrogens (tertiary/aromatic N) is 1. The number of likely N-dealkylation sites (tertiary alicyclic amines) is 1. The number of hydrogen-bond acceptors (Lipinski definition) is 3. The lowest BCUT2D eigenvalue weighted by molar-refractivity contribution is 0.0908. The molecule has 6 heteroatoms. The van der Waals surface area contributed by atoms with E-state index in [-0.39, 0.29) is 11.9 Å². The van der Waals surface area contributed by atoms with E-state index in [0.717, 1.165) is 37.5 Å². The molecule has 0 bridgehead atoms. The number of carbonyl (C=O) groups is 1. The van der Waals surface area contributed by atoms with Gasteiger partial charge in [-0.25, -0.2) is 0 Å². The topological polar surface area (TPSA) is 48.1 Å². The van der Waals surface area contributed by atoms with Gasteiger partial charge in [0.1, 0.15) is 4.64 Å². The minimum Gasteiger partial charge on any atom is -0.352 e. The second kappa shape index (κ2) is 7.92. The van der Waals surface area contributed by atoms with Crippen molar-refractivity contribution in [2.75, 3.05) is 13.1 Å². The van der Waals surface area contributed by atoms with Gasteiger partial charge in [0.05, 0.1) is 5.56 Å². The number of piperidine rings is 1. The zero-order chi connectivity index (χ0) is 16.9. The highest BCUT2D eigenvalue weighted by Crippen LogP contribution is 2.16. The molecule has 2 aromatic rings. The molecule has 1 aromatic heterocycles. The molecule has 2 N–H and O–H groups in total. The van der Waals surface area contributed by atoms with Gasteiger partial charge in [0.25, 0.3) is 5.91 Å². The maximum absolute atomic E-state index is 12.3. The van der Waals surface area contributed by atoms with Crippen molar-refractivity contribution >= 4 is 29.7 Å². The minimum absolute atomic E-state index is 0.0898. The molecule has 1 amide bonds. The van der Waals surface area contributed by atoms with Crippen molar-refractivity contribution in [1.29, 1.82) is 0 Å². The van der Waals surface area contributed by atoms with E-state index in [1.54, 1.807) is 18.3 Å². The number of benzene rings is 1. The second-order valence-electron chi connectivity index (χ2n) is 6.06. The molecule has 0 aliphatic carbocycles. The van der Waals surface area contributed by atoms with Gasteiger partial charge < -0.3 is 10.3 Å². The van der Waals surface area contributed by atoms with Crippen molar-refractivity contribution in [3.05, 3.63) is 63.4 Å². The molecule has 0 unspecified atom stereocenters. The molecule has 0 spiro atoms. The van der Waals surface area contributed by atoms with E-state index in [1.165, 1.54) is 5.56 Å². The third-order valence-corrected chi connectivity index (χ3v) is 4.89. The average Bonchev–Trinajstić information content (AvgIpc) is 2.59. The first-order chi connectivity index (χ1) is 11.6. The number of carbonyl (C=O) groups excluding carboxylic acids is 1. The maximum atomic E-state index is 12.3. The molecule has 2 heterocycles.